The number of aliphatic hydroxyl groups is 1. The zero-order chi connectivity index (χ0) is 44.2. The van der Waals surface area contributed by atoms with Crippen LogP contribution in [0.1, 0.15) is 200 Å². The molecule has 0 saturated heterocycles. The molecule has 5 heteroatoms. The van der Waals surface area contributed by atoms with Crippen molar-refractivity contribution in [3.8, 4) is 0 Å². The van der Waals surface area contributed by atoms with Crippen molar-refractivity contribution in [2.45, 2.75) is 206 Å². The molecular formula is C56H90O5. The number of carbonyl (C=O) groups excluding carboxylic acids is 2. The molecule has 0 aliphatic heterocycles. The number of aliphatic hydroxyl groups excluding tert-OH is 1. The molecule has 344 valence electrons. The Labute approximate surface area is 375 Å². The molecule has 0 fully saturated rings. The lowest BCUT2D eigenvalue weighted by Crippen LogP contribution is -2.28. The average Bonchev–Trinajstić information content (AvgIpc) is 3.26. The van der Waals surface area contributed by atoms with Gasteiger partial charge >= 0.3 is 11.9 Å². The Morgan fingerprint density at radius 1 is 0.393 bits per heavy atom. The van der Waals surface area contributed by atoms with Crippen LogP contribution in [0.2, 0.25) is 0 Å². The summed E-state index contributed by atoms with van der Waals surface area (Å²) in [4.78, 5) is 24.3. The Bertz CT molecular complexity index is 1270. The third-order valence-electron chi connectivity index (χ3n) is 10.0. The van der Waals surface area contributed by atoms with Gasteiger partial charge in [0.1, 0.15) is 6.61 Å². The molecule has 0 amide bonds. The van der Waals surface area contributed by atoms with Gasteiger partial charge < -0.3 is 14.6 Å². The van der Waals surface area contributed by atoms with Crippen molar-refractivity contribution in [2.24, 2.45) is 0 Å². The summed E-state index contributed by atoms with van der Waals surface area (Å²) >= 11 is 0. The minimum absolute atomic E-state index is 0.0814. The fraction of sp³-hybridized carbons (Fsp3) is 0.607. The summed E-state index contributed by atoms with van der Waals surface area (Å²) in [6.45, 7) is 3.99. The van der Waals surface area contributed by atoms with Gasteiger partial charge in [0.05, 0.1) is 6.61 Å². The lowest BCUT2D eigenvalue weighted by Gasteiger charge is -2.15. The summed E-state index contributed by atoms with van der Waals surface area (Å²) in [5.74, 6) is -0.627. The van der Waals surface area contributed by atoms with Gasteiger partial charge in [0, 0.05) is 12.8 Å². The number of hydrogen-bond acceptors (Lipinski definition) is 5. The number of ether oxygens (including phenoxy) is 2. The van der Waals surface area contributed by atoms with Crippen molar-refractivity contribution in [3.05, 3.63) is 122 Å². The quantitative estimate of drug-likeness (QED) is 0.0376. The van der Waals surface area contributed by atoms with Crippen molar-refractivity contribution in [1.29, 1.82) is 0 Å². The number of rotatable bonds is 43. The highest BCUT2D eigenvalue weighted by atomic mass is 16.6. The van der Waals surface area contributed by atoms with Gasteiger partial charge in [0.15, 0.2) is 6.10 Å². The smallest absolute Gasteiger partial charge is 0.306 e. The third kappa shape index (κ3) is 48.8. The lowest BCUT2D eigenvalue weighted by molar-refractivity contribution is -0.161. The highest BCUT2D eigenvalue weighted by Crippen LogP contribution is 2.13. The van der Waals surface area contributed by atoms with Gasteiger partial charge in [-0.15, -0.1) is 0 Å². The molecule has 0 bridgehead atoms. The van der Waals surface area contributed by atoms with Gasteiger partial charge in [0.25, 0.3) is 0 Å². The molecule has 1 atom stereocenters. The lowest BCUT2D eigenvalue weighted by atomic mass is 10.0. The molecule has 0 heterocycles. The number of unbranched alkanes of at least 4 members (excludes halogenated alkanes) is 15. The zero-order valence-electron chi connectivity index (χ0n) is 39.1. The minimum Gasteiger partial charge on any atom is -0.462 e. The topological polar surface area (TPSA) is 72.8 Å². The largest absolute Gasteiger partial charge is 0.462 e. The number of hydrogen-bond donors (Lipinski definition) is 1. The summed E-state index contributed by atoms with van der Waals surface area (Å²) in [6.07, 6.45) is 74.3. The average molecular weight is 843 g/mol. The Balaban J connectivity index is 3.67. The van der Waals surface area contributed by atoms with Crippen molar-refractivity contribution in [3.63, 3.8) is 0 Å². The van der Waals surface area contributed by atoms with Crippen LogP contribution in [0, 0.1) is 0 Å². The fourth-order valence-electron chi connectivity index (χ4n) is 6.35. The summed E-state index contributed by atoms with van der Waals surface area (Å²) < 4.78 is 10.6. The van der Waals surface area contributed by atoms with E-state index in [1.807, 2.05) is 0 Å². The van der Waals surface area contributed by atoms with Gasteiger partial charge in [-0.1, -0.05) is 219 Å². The Morgan fingerprint density at radius 3 is 1.07 bits per heavy atom. The summed E-state index contributed by atoms with van der Waals surface area (Å²) in [5, 5.41) is 9.58. The molecule has 0 spiro atoms. The monoisotopic (exact) mass is 843 g/mol. The molecule has 0 saturated carbocycles. The Kier molecular flexibility index (Phi) is 47.6. The molecule has 1 N–H and O–H groups in total. The van der Waals surface area contributed by atoms with Crippen LogP contribution in [0.5, 0.6) is 0 Å². The van der Waals surface area contributed by atoms with Crippen LogP contribution < -0.4 is 0 Å². The second kappa shape index (κ2) is 50.7. The van der Waals surface area contributed by atoms with Crippen molar-refractivity contribution in [1.82, 2.24) is 0 Å². The molecule has 1 unspecified atom stereocenters. The van der Waals surface area contributed by atoms with Crippen LogP contribution in [0.4, 0.5) is 0 Å². The van der Waals surface area contributed by atoms with E-state index in [0.29, 0.717) is 12.8 Å². The van der Waals surface area contributed by atoms with E-state index in [4.69, 9.17) is 9.47 Å². The first kappa shape index (κ1) is 57.3. The van der Waals surface area contributed by atoms with E-state index in [-0.39, 0.29) is 25.2 Å². The van der Waals surface area contributed by atoms with E-state index >= 15 is 0 Å². The van der Waals surface area contributed by atoms with E-state index < -0.39 is 6.10 Å². The number of carbonyl (C=O) groups is 2. The number of allylic oxidation sites excluding steroid dienone is 20. The van der Waals surface area contributed by atoms with E-state index in [1.165, 1.54) is 57.8 Å². The van der Waals surface area contributed by atoms with Gasteiger partial charge in [-0.25, -0.2) is 0 Å². The fourth-order valence-corrected chi connectivity index (χ4v) is 6.35. The Hall–Kier alpha value is -3.70. The van der Waals surface area contributed by atoms with Crippen LogP contribution >= 0.6 is 0 Å². The molecule has 0 radical (unpaired) electrons. The van der Waals surface area contributed by atoms with E-state index in [1.54, 1.807) is 0 Å². The van der Waals surface area contributed by atoms with Gasteiger partial charge in [0.2, 0.25) is 0 Å². The van der Waals surface area contributed by atoms with E-state index in [2.05, 4.69) is 135 Å². The first-order chi connectivity index (χ1) is 30.1. The standard InChI is InChI=1S/C56H90O5/c1-3-5-7-9-11-13-15-17-18-19-20-21-22-23-24-25-26-27-28-29-30-31-32-33-34-35-36-37-38-39-41-43-45-47-49-51-56(59)61-54(52-57)53-60-55(58)50-48-46-44-42-40-16-14-12-10-8-6-4-2/h5,7,11,13,17-18,20-21,23-24,26-27,29-30,32-33,35-36,38-39,54,57H,3-4,6,8-10,12,14-16,19,22,25,28,31,34,37,40-53H2,1-2H3/b7-5-,13-11-,18-17-,21-20-,24-23-,27-26-,30-29-,33-32-,36-35-,39-38-. The molecule has 0 aromatic rings. The second-order valence-corrected chi connectivity index (χ2v) is 15.8. The highest BCUT2D eigenvalue weighted by Gasteiger charge is 2.16. The van der Waals surface area contributed by atoms with Crippen LogP contribution in [0.3, 0.4) is 0 Å². The van der Waals surface area contributed by atoms with Crippen LogP contribution in [0.15, 0.2) is 122 Å². The van der Waals surface area contributed by atoms with Crippen molar-refractivity contribution in [2.75, 3.05) is 13.2 Å². The van der Waals surface area contributed by atoms with E-state index in [0.717, 1.165) is 116 Å². The maximum Gasteiger partial charge on any atom is 0.306 e. The predicted molar refractivity (Wildman–Crippen MR) is 265 cm³/mol. The molecule has 0 aromatic heterocycles. The molecule has 0 rings (SSSR count). The number of esters is 2. The summed E-state index contributed by atoms with van der Waals surface area (Å²) in [7, 11) is 0. The molecular weight excluding hydrogens is 753 g/mol. The van der Waals surface area contributed by atoms with Crippen molar-refractivity contribution >= 4 is 11.9 Å². The SMILES string of the molecule is CC/C=C\C/C=C\C/C=C\C/C=C\C/C=C\C/C=C\C/C=C\C/C=C\C/C=C\C/C=C\CCCCCCC(=O)OC(CO)COC(=O)CCCCCCCCCCCCCC. The summed E-state index contributed by atoms with van der Waals surface area (Å²) in [6, 6.07) is 0. The Morgan fingerprint density at radius 2 is 0.705 bits per heavy atom. The zero-order valence-corrected chi connectivity index (χ0v) is 39.1. The van der Waals surface area contributed by atoms with Crippen LogP contribution in [0.25, 0.3) is 0 Å². The minimum atomic E-state index is -0.791. The van der Waals surface area contributed by atoms with Crippen LogP contribution in [-0.4, -0.2) is 36.4 Å². The van der Waals surface area contributed by atoms with E-state index in [9.17, 15) is 14.7 Å². The molecule has 0 aliphatic rings. The molecule has 61 heavy (non-hydrogen) atoms. The maximum absolute atomic E-state index is 12.2. The normalized spacial score (nSPS) is 13.3. The van der Waals surface area contributed by atoms with Crippen LogP contribution in [-0.2, 0) is 19.1 Å². The maximum atomic E-state index is 12.2. The molecule has 0 aromatic carbocycles. The molecule has 0 aliphatic carbocycles. The first-order valence-electron chi connectivity index (χ1n) is 24.6. The predicted octanol–water partition coefficient (Wildman–Crippen LogP) is 16.3. The molecule has 5 nitrogen and oxygen atoms in total. The summed E-state index contributed by atoms with van der Waals surface area (Å²) in [5.41, 5.74) is 0. The third-order valence-corrected chi connectivity index (χ3v) is 10.0. The first-order valence-corrected chi connectivity index (χ1v) is 24.6. The van der Waals surface area contributed by atoms with Crippen molar-refractivity contribution < 1.29 is 24.2 Å². The second-order valence-electron chi connectivity index (χ2n) is 15.8. The van der Waals surface area contributed by atoms with Gasteiger partial charge in [-0.3, -0.25) is 9.59 Å². The van der Waals surface area contributed by atoms with Gasteiger partial charge in [-0.2, -0.15) is 0 Å². The highest BCUT2D eigenvalue weighted by molar-refractivity contribution is 5.70. The van der Waals surface area contributed by atoms with Gasteiger partial charge in [-0.05, 0) is 89.9 Å².